The predicted octanol–water partition coefficient (Wildman–Crippen LogP) is 2.16. The second-order valence-electron chi connectivity index (χ2n) is 4.08. The van der Waals surface area contributed by atoms with Crippen molar-refractivity contribution in [3.63, 3.8) is 0 Å². The fourth-order valence-corrected chi connectivity index (χ4v) is 1.33. The van der Waals surface area contributed by atoms with Crippen LogP contribution in [0.5, 0.6) is 11.5 Å². The number of hydrogen-bond donors (Lipinski definition) is 0. The van der Waals surface area contributed by atoms with E-state index in [9.17, 15) is 4.79 Å². The molecule has 0 amide bonds. The third kappa shape index (κ3) is 3.14. The third-order valence-electron chi connectivity index (χ3n) is 2.22. The van der Waals surface area contributed by atoms with Crippen molar-refractivity contribution >= 4 is 5.97 Å². The summed E-state index contributed by atoms with van der Waals surface area (Å²) in [5.74, 6) is 0.303. The Morgan fingerprint density at radius 3 is 2.50 bits per heavy atom. The number of esters is 1. The second kappa shape index (κ2) is 5.41. The van der Waals surface area contributed by atoms with E-state index < -0.39 is 11.6 Å². The zero-order valence-corrected chi connectivity index (χ0v) is 10.8. The van der Waals surface area contributed by atoms with Gasteiger partial charge in [0, 0.05) is 6.07 Å². The Labute approximate surface area is 106 Å². The van der Waals surface area contributed by atoms with E-state index in [2.05, 4.69) is 4.74 Å². The number of benzene rings is 1. The summed E-state index contributed by atoms with van der Waals surface area (Å²) in [7, 11) is 2.74. The molecular weight excluding hydrogens is 234 g/mol. The first-order chi connectivity index (χ1) is 8.43. The molecule has 1 rings (SSSR count). The highest BCUT2D eigenvalue weighted by Crippen LogP contribution is 2.27. The van der Waals surface area contributed by atoms with Crippen molar-refractivity contribution in [2.24, 2.45) is 0 Å². The van der Waals surface area contributed by atoms with E-state index in [1.165, 1.54) is 20.3 Å². The molecule has 0 bridgehead atoms. The molecule has 0 spiro atoms. The number of hydrogen-bond acceptors (Lipinski definition) is 5. The molecule has 0 atom stereocenters. The average Bonchev–Trinajstić information content (AvgIpc) is 2.37. The molecule has 0 aliphatic heterocycles. The molecule has 0 N–H and O–H groups in total. The van der Waals surface area contributed by atoms with Crippen LogP contribution in [0.1, 0.15) is 24.2 Å². The van der Waals surface area contributed by atoms with E-state index in [1.54, 1.807) is 26.0 Å². The van der Waals surface area contributed by atoms with Crippen molar-refractivity contribution in [3.05, 3.63) is 23.8 Å². The summed E-state index contributed by atoms with van der Waals surface area (Å²) in [5, 5.41) is 8.88. The Hall–Kier alpha value is -2.22. The minimum Gasteiger partial charge on any atom is -0.496 e. The monoisotopic (exact) mass is 249 g/mol. The van der Waals surface area contributed by atoms with Gasteiger partial charge in [0.25, 0.3) is 0 Å². The molecule has 1 aromatic carbocycles. The maximum Gasteiger partial charge on any atom is 0.341 e. The first-order valence-corrected chi connectivity index (χ1v) is 5.30. The molecule has 96 valence electrons. The molecule has 0 aromatic heterocycles. The molecule has 0 saturated carbocycles. The van der Waals surface area contributed by atoms with Gasteiger partial charge < -0.3 is 14.2 Å². The highest BCUT2D eigenvalue weighted by molar-refractivity contribution is 5.92. The van der Waals surface area contributed by atoms with Gasteiger partial charge in [-0.05, 0) is 26.0 Å². The van der Waals surface area contributed by atoms with Crippen LogP contribution in [0.3, 0.4) is 0 Å². The molecule has 0 aliphatic rings. The van der Waals surface area contributed by atoms with Crippen LogP contribution in [-0.4, -0.2) is 25.8 Å². The smallest absolute Gasteiger partial charge is 0.341 e. The number of methoxy groups -OCH3 is 2. The van der Waals surface area contributed by atoms with Gasteiger partial charge in [-0.3, -0.25) is 0 Å². The van der Waals surface area contributed by atoms with Crippen LogP contribution in [0.25, 0.3) is 0 Å². The summed E-state index contributed by atoms with van der Waals surface area (Å²) in [4.78, 5) is 11.5. The van der Waals surface area contributed by atoms with Crippen LogP contribution < -0.4 is 9.47 Å². The Bertz CT molecular complexity index is 488. The van der Waals surface area contributed by atoms with Crippen LogP contribution in [0.15, 0.2) is 18.2 Å². The van der Waals surface area contributed by atoms with E-state index in [0.717, 1.165) is 0 Å². The molecule has 18 heavy (non-hydrogen) atoms. The van der Waals surface area contributed by atoms with Gasteiger partial charge in [0.05, 0.1) is 14.2 Å². The summed E-state index contributed by atoms with van der Waals surface area (Å²) in [6.45, 7) is 3.29. The highest BCUT2D eigenvalue weighted by atomic mass is 16.5. The van der Waals surface area contributed by atoms with Gasteiger partial charge in [-0.15, -0.1) is 0 Å². The third-order valence-corrected chi connectivity index (χ3v) is 2.22. The van der Waals surface area contributed by atoms with Crippen LogP contribution >= 0.6 is 0 Å². The molecule has 5 heteroatoms. The number of nitrogens with zero attached hydrogens (tertiary/aromatic N) is 1. The summed E-state index contributed by atoms with van der Waals surface area (Å²) >= 11 is 0. The molecule has 1 aromatic rings. The molecule has 0 unspecified atom stereocenters. The van der Waals surface area contributed by atoms with Gasteiger partial charge in [-0.2, -0.15) is 5.26 Å². The van der Waals surface area contributed by atoms with Crippen molar-refractivity contribution in [2.75, 3.05) is 14.2 Å². The Kier molecular flexibility index (Phi) is 4.16. The van der Waals surface area contributed by atoms with Gasteiger partial charge in [0.15, 0.2) is 5.60 Å². The lowest BCUT2D eigenvalue weighted by Gasteiger charge is -2.19. The lowest BCUT2D eigenvalue weighted by atomic mass is 10.1. The van der Waals surface area contributed by atoms with Gasteiger partial charge in [-0.25, -0.2) is 4.79 Å². The zero-order chi connectivity index (χ0) is 13.8. The summed E-state index contributed by atoms with van der Waals surface area (Å²) < 4.78 is 15.2. The number of nitriles is 1. The average molecular weight is 249 g/mol. The second-order valence-corrected chi connectivity index (χ2v) is 4.08. The maximum absolute atomic E-state index is 11.5. The van der Waals surface area contributed by atoms with Crippen molar-refractivity contribution in [1.29, 1.82) is 5.26 Å². The largest absolute Gasteiger partial charge is 0.496 e. The zero-order valence-electron chi connectivity index (χ0n) is 10.8. The van der Waals surface area contributed by atoms with E-state index >= 15 is 0 Å². The molecule has 5 nitrogen and oxygen atoms in total. The fourth-order valence-electron chi connectivity index (χ4n) is 1.33. The van der Waals surface area contributed by atoms with E-state index in [4.69, 9.17) is 14.7 Å². The Morgan fingerprint density at radius 1 is 1.33 bits per heavy atom. The molecule has 0 saturated heterocycles. The van der Waals surface area contributed by atoms with Crippen LogP contribution in [0, 0.1) is 11.3 Å². The molecular formula is C13H15NO4. The molecule has 0 heterocycles. The molecule has 0 fully saturated rings. The Balaban J connectivity index is 3.07. The standard InChI is InChI=1S/C13H15NO4/c1-13(2,8-14)18-9-5-6-10(12(15)17-4)11(7-9)16-3/h5-7H,1-4H3. The predicted molar refractivity (Wildman–Crippen MR) is 64.7 cm³/mol. The topological polar surface area (TPSA) is 68.5 Å². The van der Waals surface area contributed by atoms with Gasteiger partial charge in [0.2, 0.25) is 0 Å². The quantitative estimate of drug-likeness (QED) is 0.765. The van der Waals surface area contributed by atoms with E-state index in [1.807, 2.05) is 6.07 Å². The Morgan fingerprint density at radius 2 is 2.00 bits per heavy atom. The summed E-state index contributed by atoms with van der Waals surface area (Å²) in [6.07, 6.45) is 0. The fraction of sp³-hybridized carbons (Fsp3) is 0.385. The first-order valence-electron chi connectivity index (χ1n) is 5.30. The maximum atomic E-state index is 11.5. The van der Waals surface area contributed by atoms with Crippen molar-refractivity contribution in [3.8, 4) is 17.6 Å². The first kappa shape index (κ1) is 13.8. The van der Waals surface area contributed by atoms with E-state index in [-0.39, 0.29) is 0 Å². The lowest BCUT2D eigenvalue weighted by molar-refractivity contribution is 0.0597. The summed E-state index contributed by atoms with van der Waals surface area (Å²) in [5.41, 5.74) is -0.639. The van der Waals surface area contributed by atoms with Gasteiger partial charge >= 0.3 is 5.97 Å². The minimum atomic E-state index is -0.947. The number of carbonyl (C=O) groups is 1. The normalized spacial score (nSPS) is 10.4. The van der Waals surface area contributed by atoms with Gasteiger partial charge in [-0.1, -0.05) is 0 Å². The SMILES string of the molecule is COC(=O)c1ccc(OC(C)(C)C#N)cc1OC. The van der Waals surface area contributed by atoms with Crippen molar-refractivity contribution in [1.82, 2.24) is 0 Å². The molecule has 0 radical (unpaired) electrons. The van der Waals surface area contributed by atoms with Crippen molar-refractivity contribution < 1.29 is 19.0 Å². The minimum absolute atomic E-state index is 0.308. The van der Waals surface area contributed by atoms with Gasteiger partial charge in [0.1, 0.15) is 23.1 Å². The molecule has 0 aliphatic carbocycles. The number of carbonyl (C=O) groups excluding carboxylic acids is 1. The highest BCUT2D eigenvalue weighted by Gasteiger charge is 2.20. The van der Waals surface area contributed by atoms with Crippen LogP contribution in [-0.2, 0) is 4.74 Å². The van der Waals surface area contributed by atoms with Crippen molar-refractivity contribution in [2.45, 2.75) is 19.4 Å². The van der Waals surface area contributed by atoms with Crippen LogP contribution in [0.2, 0.25) is 0 Å². The number of ether oxygens (including phenoxy) is 3. The lowest BCUT2D eigenvalue weighted by Crippen LogP contribution is -2.25. The van der Waals surface area contributed by atoms with Crippen LogP contribution in [0.4, 0.5) is 0 Å². The summed E-state index contributed by atoms with van der Waals surface area (Å²) in [6, 6.07) is 6.69. The van der Waals surface area contributed by atoms with E-state index in [0.29, 0.717) is 17.1 Å². The number of rotatable bonds is 4.